The number of rotatable bonds is 0. The molecule has 0 saturated carbocycles. The lowest BCUT2D eigenvalue weighted by atomic mass is 9.67. The van der Waals surface area contributed by atoms with Gasteiger partial charge >= 0.3 is 0 Å². The van der Waals surface area contributed by atoms with Crippen LogP contribution in [0.3, 0.4) is 0 Å². The van der Waals surface area contributed by atoms with E-state index in [2.05, 4.69) is 32.1 Å². The number of carbonyl (C=O) groups is 1. The van der Waals surface area contributed by atoms with Crippen molar-refractivity contribution in [2.45, 2.75) is 52.0 Å². The molecule has 0 bridgehead atoms. The van der Waals surface area contributed by atoms with E-state index in [1.807, 2.05) is 9.10 Å². The molecule has 0 unspecified atom stereocenters. The van der Waals surface area contributed by atoms with Crippen molar-refractivity contribution in [2.75, 3.05) is 13.1 Å². The van der Waals surface area contributed by atoms with Gasteiger partial charge in [0.05, 0.1) is 5.54 Å². The number of nitrogens with zero attached hydrogens (tertiary/aromatic N) is 3. The maximum Gasteiger partial charge on any atom is 0.183 e. The number of carbonyl (C=O) groups excluding carboxylic acids is 1. The highest BCUT2D eigenvalue weighted by atomic mass is 35.5. The van der Waals surface area contributed by atoms with Crippen LogP contribution in [0.4, 0.5) is 0 Å². The first-order chi connectivity index (χ1) is 9.29. The molecular weight excluding hydrogens is 274 g/mol. The summed E-state index contributed by atoms with van der Waals surface area (Å²) in [5, 5.41) is 4.53. The zero-order valence-electron chi connectivity index (χ0n) is 12.4. The number of fused-ring (bicyclic) bond motifs is 1. The van der Waals surface area contributed by atoms with Crippen LogP contribution < -0.4 is 0 Å². The van der Waals surface area contributed by atoms with E-state index in [0.717, 1.165) is 37.9 Å². The van der Waals surface area contributed by atoms with Gasteiger partial charge in [-0.15, -0.1) is 0 Å². The standard InChI is InChI=1S/C15H22ClN3O/c1-14(2,3)19-10-11-8-15(4-6-18(16)7-5-15)9-12(20)13(11)17-19/h10H,4-9H2,1-3H3. The third-order valence-corrected chi connectivity index (χ3v) is 4.95. The number of Topliss-reactive ketones (excluding diaryl/α,β-unsaturated/α-hetero) is 1. The summed E-state index contributed by atoms with van der Waals surface area (Å²) in [5.74, 6) is 0.206. The predicted octanol–water partition coefficient (Wildman–Crippen LogP) is 3.00. The molecular formula is C15H22ClN3O. The van der Waals surface area contributed by atoms with Gasteiger partial charge in [-0.3, -0.25) is 9.48 Å². The van der Waals surface area contributed by atoms with E-state index < -0.39 is 0 Å². The van der Waals surface area contributed by atoms with Crippen LogP contribution in [0.1, 0.15) is 56.1 Å². The summed E-state index contributed by atoms with van der Waals surface area (Å²) in [7, 11) is 0. The van der Waals surface area contributed by atoms with E-state index in [4.69, 9.17) is 11.8 Å². The number of hydrogen-bond acceptors (Lipinski definition) is 3. The molecule has 4 nitrogen and oxygen atoms in total. The van der Waals surface area contributed by atoms with E-state index in [0.29, 0.717) is 12.1 Å². The molecule has 1 aliphatic heterocycles. The van der Waals surface area contributed by atoms with E-state index in [9.17, 15) is 4.79 Å². The van der Waals surface area contributed by atoms with Crippen LogP contribution >= 0.6 is 11.8 Å². The Kier molecular flexibility index (Phi) is 3.22. The van der Waals surface area contributed by atoms with Crippen LogP contribution in [0.15, 0.2) is 6.20 Å². The molecule has 0 amide bonds. The Balaban J connectivity index is 1.91. The van der Waals surface area contributed by atoms with E-state index in [1.165, 1.54) is 0 Å². The van der Waals surface area contributed by atoms with Crippen molar-refractivity contribution in [3.8, 4) is 0 Å². The highest BCUT2D eigenvalue weighted by molar-refractivity contribution is 6.13. The van der Waals surface area contributed by atoms with Gasteiger partial charge in [0.2, 0.25) is 0 Å². The lowest BCUT2D eigenvalue weighted by Crippen LogP contribution is -2.41. The van der Waals surface area contributed by atoms with Crippen molar-refractivity contribution in [2.24, 2.45) is 5.41 Å². The summed E-state index contributed by atoms with van der Waals surface area (Å²) < 4.78 is 3.77. The van der Waals surface area contributed by atoms with Gasteiger partial charge in [0, 0.05) is 31.3 Å². The fourth-order valence-electron chi connectivity index (χ4n) is 3.32. The summed E-state index contributed by atoms with van der Waals surface area (Å²) >= 11 is 6.05. The molecule has 20 heavy (non-hydrogen) atoms. The molecule has 0 atom stereocenters. The summed E-state index contributed by atoms with van der Waals surface area (Å²) in [6, 6.07) is 0. The quantitative estimate of drug-likeness (QED) is 0.691. The van der Waals surface area contributed by atoms with Crippen LogP contribution in [0.2, 0.25) is 0 Å². The van der Waals surface area contributed by atoms with Crippen molar-refractivity contribution in [1.82, 2.24) is 14.2 Å². The average molecular weight is 296 g/mol. The molecule has 2 aliphatic rings. The number of halogens is 1. The summed E-state index contributed by atoms with van der Waals surface area (Å²) in [5.41, 5.74) is 1.85. The fraction of sp³-hybridized carbons (Fsp3) is 0.733. The smallest absolute Gasteiger partial charge is 0.183 e. The van der Waals surface area contributed by atoms with Crippen molar-refractivity contribution in [3.05, 3.63) is 17.5 Å². The maximum atomic E-state index is 12.5. The Hall–Kier alpha value is -0.870. The highest BCUT2D eigenvalue weighted by Crippen LogP contribution is 2.43. The highest BCUT2D eigenvalue weighted by Gasteiger charge is 2.42. The molecule has 0 radical (unpaired) electrons. The first-order valence-electron chi connectivity index (χ1n) is 7.32. The number of aromatic nitrogens is 2. The second-order valence-corrected chi connectivity index (χ2v) is 7.78. The Morgan fingerprint density at radius 3 is 2.50 bits per heavy atom. The molecule has 1 aromatic rings. The van der Waals surface area contributed by atoms with Gasteiger partial charge < -0.3 is 0 Å². The van der Waals surface area contributed by atoms with Crippen LogP contribution in [0, 0.1) is 5.41 Å². The lowest BCUT2D eigenvalue weighted by molar-refractivity contribution is 0.0784. The Labute approximate surface area is 125 Å². The maximum absolute atomic E-state index is 12.5. The first-order valence-corrected chi connectivity index (χ1v) is 7.66. The molecule has 3 rings (SSSR count). The second-order valence-electron chi connectivity index (χ2n) is 7.30. The summed E-state index contributed by atoms with van der Waals surface area (Å²) in [6.07, 6.45) is 5.67. The SMILES string of the molecule is CC(C)(C)n1cc2c(n1)C(=O)CC1(CCN(Cl)CC1)C2. The molecule has 1 spiro atoms. The minimum absolute atomic E-state index is 0.0791. The Morgan fingerprint density at radius 2 is 1.90 bits per heavy atom. The van der Waals surface area contributed by atoms with Crippen molar-refractivity contribution in [1.29, 1.82) is 0 Å². The van der Waals surface area contributed by atoms with Crippen LogP contribution in [-0.4, -0.2) is 33.1 Å². The minimum atomic E-state index is -0.0791. The monoisotopic (exact) mass is 295 g/mol. The van der Waals surface area contributed by atoms with Gasteiger partial charge in [-0.1, -0.05) is 0 Å². The lowest BCUT2D eigenvalue weighted by Gasteiger charge is -2.41. The predicted molar refractivity (Wildman–Crippen MR) is 79.0 cm³/mol. The molecule has 110 valence electrons. The summed E-state index contributed by atoms with van der Waals surface area (Å²) in [4.78, 5) is 12.5. The third kappa shape index (κ3) is 2.40. The fourth-order valence-corrected chi connectivity index (χ4v) is 3.48. The van der Waals surface area contributed by atoms with Crippen molar-refractivity contribution in [3.63, 3.8) is 0 Å². The molecule has 1 saturated heterocycles. The van der Waals surface area contributed by atoms with Gasteiger partial charge in [-0.05, 0) is 57.2 Å². The third-order valence-electron chi connectivity index (χ3n) is 4.61. The van der Waals surface area contributed by atoms with Gasteiger partial charge in [0.1, 0.15) is 5.69 Å². The van der Waals surface area contributed by atoms with Crippen LogP contribution in [0.25, 0.3) is 0 Å². The normalized spacial score (nSPS) is 23.1. The van der Waals surface area contributed by atoms with Crippen LogP contribution in [-0.2, 0) is 12.0 Å². The zero-order chi connectivity index (χ0) is 14.5. The number of piperidine rings is 1. The molecule has 1 fully saturated rings. The zero-order valence-corrected chi connectivity index (χ0v) is 13.2. The van der Waals surface area contributed by atoms with Crippen LogP contribution in [0.5, 0.6) is 0 Å². The molecule has 1 aromatic heterocycles. The number of ketones is 1. The van der Waals surface area contributed by atoms with Crippen molar-refractivity contribution >= 4 is 17.6 Å². The Bertz CT molecular complexity index is 536. The van der Waals surface area contributed by atoms with E-state index in [-0.39, 0.29) is 16.7 Å². The van der Waals surface area contributed by atoms with E-state index in [1.54, 1.807) is 0 Å². The minimum Gasteiger partial charge on any atom is -0.292 e. The largest absolute Gasteiger partial charge is 0.292 e. The second kappa shape index (κ2) is 4.57. The van der Waals surface area contributed by atoms with Gasteiger partial charge in [0.15, 0.2) is 5.78 Å². The molecule has 0 N–H and O–H groups in total. The Morgan fingerprint density at radius 1 is 1.25 bits per heavy atom. The molecule has 2 heterocycles. The molecule has 5 heteroatoms. The van der Waals surface area contributed by atoms with Gasteiger partial charge in [-0.25, -0.2) is 4.42 Å². The summed E-state index contributed by atoms with van der Waals surface area (Å²) in [6.45, 7) is 8.07. The van der Waals surface area contributed by atoms with Gasteiger partial charge in [0.25, 0.3) is 0 Å². The topological polar surface area (TPSA) is 38.1 Å². The molecule has 0 aromatic carbocycles. The average Bonchev–Trinajstić information content (AvgIpc) is 2.77. The van der Waals surface area contributed by atoms with E-state index >= 15 is 0 Å². The molecule has 1 aliphatic carbocycles. The van der Waals surface area contributed by atoms with Crippen molar-refractivity contribution < 1.29 is 4.79 Å². The number of hydrogen-bond donors (Lipinski definition) is 0. The van der Waals surface area contributed by atoms with Gasteiger partial charge in [-0.2, -0.15) is 5.10 Å². The first kappa shape index (κ1) is 14.1.